The lowest BCUT2D eigenvalue weighted by Crippen LogP contribution is -2.42. The Morgan fingerprint density at radius 1 is 1.40 bits per heavy atom. The fourth-order valence-electron chi connectivity index (χ4n) is 2.58. The number of hydrogen-bond donors (Lipinski definition) is 1. The highest BCUT2D eigenvalue weighted by Gasteiger charge is 2.31. The van der Waals surface area contributed by atoms with Crippen molar-refractivity contribution in [3.8, 4) is 0 Å². The third kappa shape index (κ3) is 3.37. The lowest BCUT2D eigenvalue weighted by molar-refractivity contribution is 0.0946. The van der Waals surface area contributed by atoms with Crippen molar-refractivity contribution in [1.29, 1.82) is 0 Å². The van der Waals surface area contributed by atoms with Gasteiger partial charge in [-0.2, -0.15) is 4.31 Å². The van der Waals surface area contributed by atoms with E-state index in [1.54, 1.807) is 6.07 Å². The van der Waals surface area contributed by atoms with Crippen molar-refractivity contribution >= 4 is 15.9 Å². The molecule has 0 radical (unpaired) electrons. The number of nitrogens with one attached hydrogen (secondary N) is 1. The van der Waals surface area contributed by atoms with Crippen LogP contribution in [0.1, 0.15) is 28.8 Å². The summed E-state index contributed by atoms with van der Waals surface area (Å²) in [6.07, 6.45) is 2.85. The molecule has 1 aromatic carbocycles. The topological polar surface area (TPSA) is 66.5 Å². The SMILES string of the molecule is Cc1ccccc1C(=O)NCC1CCCN1S(C)(=O)=O. The minimum absolute atomic E-state index is 0.127. The Labute approximate surface area is 120 Å². The van der Waals surface area contributed by atoms with E-state index in [4.69, 9.17) is 0 Å². The number of carbonyl (C=O) groups is 1. The van der Waals surface area contributed by atoms with Gasteiger partial charge in [0.15, 0.2) is 0 Å². The van der Waals surface area contributed by atoms with E-state index in [2.05, 4.69) is 5.32 Å². The number of carbonyl (C=O) groups excluding carboxylic acids is 1. The minimum Gasteiger partial charge on any atom is -0.350 e. The maximum atomic E-state index is 12.1. The van der Waals surface area contributed by atoms with Crippen molar-refractivity contribution in [3.05, 3.63) is 35.4 Å². The average Bonchev–Trinajstić information content (AvgIpc) is 2.84. The van der Waals surface area contributed by atoms with Gasteiger partial charge in [-0.25, -0.2) is 8.42 Å². The third-order valence-corrected chi connectivity index (χ3v) is 4.97. The first-order valence-corrected chi connectivity index (χ1v) is 8.55. The average molecular weight is 296 g/mol. The molecule has 6 heteroatoms. The van der Waals surface area contributed by atoms with Crippen LogP contribution in [-0.2, 0) is 10.0 Å². The molecule has 0 spiro atoms. The monoisotopic (exact) mass is 296 g/mol. The van der Waals surface area contributed by atoms with Crippen LogP contribution in [-0.4, -0.2) is 44.0 Å². The molecule has 1 aliphatic rings. The Bertz CT molecular complexity index is 598. The highest BCUT2D eigenvalue weighted by molar-refractivity contribution is 7.88. The van der Waals surface area contributed by atoms with E-state index in [0.717, 1.165) is 18.4 Å². The van der Waals surface area contributed by atoms with E-state index < -0.39 is 10.0 Å². The van der Waals surface area contributed by atoms with E-state index in [0.29, 0.717) is 18.7 Å². The van der Waals surface area contributed by atoms with Crippen LogP contribution in [0.15, 0.2) is 24.3 Å². The Hall–Kier alpha value is -1.40. The summed E-state index contributed by atoms with van der Waals surface area (Å²) >= 11 is 0. The zero-order valence-electron chi connectivity index (χ0n) is 11.8. The lowest BCUT2D eigenvalue weighted by atomic mass is 10.1. The van der Waals surface area contributed by atoms with Crippen molar-refractivity contribution in [3.63, 3.8) is 0 Å². The second-order valence-electron chi connectivity index (χ2n) is 5.19. The summed E-state index contributed by atoms with van der Waals surface area (Å²) in [5.74, 6) is -0.150. The zero-order chi connectivity index (χ0) is 14.8. The maximum absolute atomic E-state index is 12.1. The van der Waals surface area contributed by atoms with Gasteiger partial charge in [-0.3, -0.25) is 4.79 Å². The Morgan fingerprint density at radius 2 is 2.10 bits per heavy atom. The van der Waals surface area contributed by atoms with Crippen LogP contribution in [0, 0.1) is 6.92 Å². The Kier molecular flexibility index (Phi) is 4.45. The van der Waals surface area contributed by atoms with E-state index in [9.17, 15) is 13.2 Å². The quantitative estimate of drug-likeness (QED) is 0.906. The van der Waals surface area contributed by atoms with Crippen molar-refractivity contribution in [1.82, 2.24) is 9.62 Å². The molecule has 1 fully saturated rings. The van der Waals surface area contributed by atoms with Crippen LogP contribution in [0.4, 0.5) is 0 Å². The van der Waals surface area contributed by atoms with Gasteiger partial charge in [0.2, 0.25) is 10.0 Å². The van der Waals surface area contributed by atoms with Gasteiger partial charge in [-0.1, -0.05) is 18.2 Å². The summed E-state index contributed by atoms with van der Waals surface area (Å²) in [4.78, 5) is 12.1. The second kappa shape index (κ2) is 5.93. The third-order valence-electron chi connectivity index (χ3n) is 3.64. The molecule has 20 heavy (non-hydrogen) atoms. The predicted octanol–water partition coefficient (Wildman–Crippen LogP) is 1.15. The number of amides is 1. The van der Waals surface area contributed by atoms with Crippen molar-refractivity contribution in [2.75, 3.05) is 19.3 Å². The van der Waals surface area contributed by atoms with Gasteiger partial charge < -0.3 is 5.32 Å². The predicted molar refractivity (Wildman–Crippen MR) is 78.1 cm³/mol. The van der Waals surface area contributed by atoms with Gasteiger partial charge in [0.1, 0.15) is 0 Å². The van der Waals surface area contributed by atoms with E-state index in [-0.39, 0.29) is 11.9 Å². The van der Waals surface area contributed by atoms with Gasteiger partial charge in [-0.05, 0) is 31.4 Å². The van der Waals surface area contributed by atoms with Crippen LogP contribution in [0.3, 0.4) is 0 Å². The van der Waals surface area contributed by atoms with Crippen LogP contribution in [0.25, 0.3) is 0 Å². The first-order valence-electron chi connectivity index (χ1n) is 6.70. The molecule has 1 atom stereocenters. The maximum Gasteiger partial charge on any atom is 0.251 e. The number of rotatable bonds is 4. The van der Waals surface area contributed by atoms with Crippen molar-refractivity contribution < 1.29 is 13.2 Å². The molecule has 0 saturated carbocycles. The molecule has 1 amide bonds. The van der Waals surface area contributed by atoms with Gasteiger partial charge in [-0.15, -0.1) is 0 Å². The molecule has 2 rings (SSSR count). The van der Waals surface area contributed by atoms with E-state index in [1.807, 2.05) is 25.1 Å². The normalized spacial score (nSPS) is 20.0. The molecular weight excluding hydrogens is 276 g/mol. The summed E-state index contributed by atoms with van der Waals surface area (Å²) in [6.45, 7) is 2.79. The molecule has 110 valence electrons. The second-order valence-corrected chi connectivity index (χ2v) is 7.13. The molecule has 0 aromatic heterocycles. The van der Waals surface area contributed by atoms with E-state index >= 15 is 0 Å². The fraction of sp³-hybridized carbons (Fsp3) is 0.500. The van der Waals surface area contributed by atoms with Crippen molar-refractivity contribution in [2.45, 2.75) is 25.8 Å². The van der Waals surface area contributed by atoms with Gasteiger partial charge >= 0.3 is 0 Å². The molecule has 0 bridgehead atoms. The van der Waals surface area contributed by atoms with Crippen LogP contribution < -0.4 is 5.32 Å². The molecule has 0 aliphatic carbocycles. The molecule has 1 unspecified atom stereocenters. The summed E-state index contributed by atoms with van der Waals surface area (Å²) in [6, 6.07) is 7.23. The summed E-state index contributed by atoms with van der Waals surface area (Å²) in [5, 5.41) is 2.84. The van der Waals surface area contributed by atoms with Gasteiger partial charge in [0.25, 0.3) is 5.91 Å². The molecule has 1 saturated heterocycles. The summed E-state index contributed by atoms with van der Waals surface area (Å²) in [7, 11) is -3.19. The van der Waals surface area contributed by atoms with Crippen LogP contribution in [0.5, 0.6) is 0 Å². The number of hydrogen-bond acceptors (Lipinski definition) is 3. The van der Waals surface area contributed by atoms with Crippen LogP contribution >= 0.6 is 0 Å². The fourth-order valence-corrected chi connectivity index (χ4v) is 3.77. The molecule has 1 N–H and O–H groups in total. The highest BCUT2D eigenvalue weighted by Crippen LogP contribution is 2.19. The number of nitrogens with zero attached hydrogens (tertiary/aromatic N) is 1. The van der Waals surface area contributed by atoms with E-state index in [1.165, 1.54) is 10.6 Å². The molecule has 5 nitrogen and oxygen atoms in total. The summed E-state index contributed by atoms with van der Waals surface area (Å²) in [5.41, 5.74) is 1.55. The Morgan fingerprint density at radius 3 is 2.75 bits per heavy atom. The number of aryl methyl sites for hydroxylation is 1. The molecule has 1 aromatic rings. The first-order chi connectivity index (χ1) is 9.39. The number of sulfonamides is 1. The van der Waals surface area contributed by atoms with Gasteiger partial charge in [0, 0.05) is 24.7 Å². The largest absolute Gasteiger partial charge is 0.350 e. The number of benzene rings is 1. The first kappa shape index (κ1) is 15.0. The zero-order valence-corrected chi connectivity index (χ0v) is 12.6. The molecular formula is C14H20N2O3S. The van der Waals surface area contributed by atoms with Gasteiger partial charge in [0.05, 0.1) is 6.26 Å². The Balaban J connectivity index is 1.99. The molecule has 1 aliphatic heterocycles. The standard InChI is InChI=1S/C14H20N2O3S/c1-11-6-3-4-8-13(11)14(17)15-10-12-7-5-9-16(12)20(2,18)19/h3-4,6,8,12H,5,7,9-10H2,1-2H3,(H,15,17). The minimum atomic E-state index is -3.19. The van der Waals surface area contributed by atoms with Crippen molar-refractivity contribution in [2.24, 2.45) is 0 Å². The lowest BCUT2D eigenvalue weighted by Gasteiger charge is -2.22. The smallest absolute Gasteiger partial charge is 0.251 e. The molecule has 1 heterocycles. The highest BCUT2D eigenvalue weighted by atomic mass is 32.2. The van der Waals surface area contributed by atoms with Crippen LogP contribution in [0.2, 0.25) is 0 Å². The summed E-state index contributed by atoms with van der Waals surface area (Å²) < 4.78 is 24.7.